The predicted octanol–water partition coefficient (Wildman–Crippen LogP) is 1.18. The van der Waals surface area contributed by atoms with E-state index in [2.05, 4.69) is 27.7 Å². The average molecular weight is 206 g/mol. The van der Waals surface area contributed by atoms with E-state index in [4.69, 9.17) is 20.4 Å². The first-order chi connectivity index (χ1) is 5.66. The van der Waals surface area contributed by atoms with Crippen LogP contribution in [0.1, 0.15) is 40.5 Å². The normalized spacial score (nSPS) is 4.00. The predicted molar refractivity (Wildman–Crippen MR) is 60.1 cm³/mol. The van der Waals surface area contributed by atoms with Gasteiger partial charge in [-0.3, -0.25) is 0 Å². The second-order valence-corrected chi connectivity index (χ2v) is 1.62. The molecule has 0 aliphatic rings. The van der Waals surface area contributed by atoms with Crippen LogP contribution < -0.4 is 0 Å². The molecule has 0 aliphatic carbocycles. The van der Waals surface area contributed by atoms with Gasteiger partial charge in [0.25, 0.3) is 0 Å². The van der Waals surface area contributed by atoms with Crippen LogP contribution in [0.15, 0.2) is 0 Å². The standard InChI is InChI=1S/2C3H8.2CHNO.H4Si/c2*1-3-2;2*2-1-3;/h2*3H2,1-2H3;2*2H;1H4. The molecule has 5 heteroatoms. The van der Waals surface area contributed by atoms with Gasteiger partial charge in [-0.1, -0.05) is 40.5 Å². The van der Waals surface area contributed by atoms with Gasteiger partial charge in [-0.25, -0.2) is 20.4 Å². The van der Waals surface area contributed by atoms with Crippen LogP contribution in [0.25, 0.3) is 0 Å². The third-order valence-corrected chi connectivity index (χ3v) is 0. The number of hydrogen-bond donors (Lipinski definition) is 2. The molecule has 4 nitrogen and oxygen atoms in total. The Morgan fingerprint density at radius 2 is 0.846 bits per heavy atom. The molecule has 80 valence electrons. The van der Waals surface area contributed by atoms with Crippen LogP contribution in [0.3, 0.4) is 0 Å². The summed E-state index contributed by atoms with van der Waals surface area (Å²) in [6, 6.07) is 0. The summed E-state index contributed by atoms with van der Waals surface area (Å²) in [5.41, 5.74) is 0. The highest BCUT2D eigenvalue weighted by Crippen LogP contribution is 1.56. The molecule has 0 bridgehead atoms. The molecule has 0 fully saturated rings. The van der Waals surface area contributed by atoms with Crippen molar-refractivity contribution in [2.45, 2.75) is 40.5 Å². The Kier molecular flexibility index (Phi) is 281. The largest absolute Gasteiger partial charge is 0.231 e. The van der Waals surface area contributed by atoms with Crippen LogP contribution in [0.5, 0.6) is 0 Å². The number of hydrogen-bond acceptors (Lipinski definition) is 4. The van der Waals surface area contributed by atoms with Crippen LogP contribution in [0, 0.1) is 10.8 Å². The Bertz CT molecular complexity index is 92.7. The van der Waals surface area contributed by atoms with Gasteiger partial charge < -0.3 is 0 Å². The fourth-order valence-corrected chi connectivity index (χ4v) is 0. The number of isocyanates is 2. The van der Waals surface area contributed by atoms with E-state index in [9.17, 15) is 0 Å². The van der Waals surface area contributed by atoms with Gasteiger partial charge >= 0.3 is 0 Å². The highest BCUT2D eigenvalue weighted by atomic mass is 28.1. The maximum atomic E-state index is 8.35. The van der Waals surface area contributed by atoms with Crippen molar-refractivity contribution < 1.29 is 9.59 Å². The summed E-state index contributed by atoms with van der Waals surface area (Å²) < 4.78 is 0. The molecule has 0 aromatic carbocycles. The summed E-state index contributed by atoms with van der Waals surface area (Å²) in [6.07, 6.45) is 4.00. The van der Waals surface area contributed by atoms with E-state index in [1.807, 2.05) is 0 Å². The average Bonchev–Trinajstić information content (AvgIpc) is 1.92. The molecule has 0 radical (unpaired) electrons. The zero-order valence-corrected chi connectivity index (χ0v) is 8.23. The zero-order chi connectivity index (χ0) is 10.8. The van der Waals surface area contributed by atoms with E-state index in [0.29, 0.717) is 0 Å². The van der Waals surface area contributed by atoms with E-state index < -0.39 is 0 Å². The molecule has 0 aliphatic heterocycles. The maximum absolute atomic E-state index is 8.35. The minimum atomic E-state index is 0. The first-order valence-electron chi connectivity index (χ1n) is 3.74. The van der Waals surface area contributed by atoms with E-state index in [1.165, 1.54) is 12.8 Å². The van der Waals surface area contributed by atoms with Gasteiger partial charge in [0.1, 0.15) is 0 Å². The van der Waals surface area contributed by atoms with Gasteiger partial charge in [-0.05, 0) is 11.0 Å². The SMILES string of the molecule is CCC.CCC.N=C=O.N=C=O.[SiH4]. The topological polar surface area (TPSA) is 81.8 Å². The number of nitrogens with one attached hydrogen (secondary N) is 2. The lowest BCUT2D eigenvalue weighted by atomic mass is 10.6. The molecule has 0 spiro atoms. The lowest BCUT2D eigenvalue weighted by molar-refractivity contribution is 0.562. The van der Waals surface area contributed by atoms with Crippen LogP contribution in [-0.2, 0) is 9.59 Å². The van der Waals surface area contributed by atoms with Crippen molar-refractivity contribution in [1.82, 2.24) is 0 Å². The summed E-state index contributed by atoms with van der Waals surface area (Å²) in [6.45, 7) is 8.50. The Morgan fingerprint density at radius 1 is 0.846 bits per heavy atom. The Balaban J connectivity index is -0.0000000213. The third kappa shape index (κ3) is 845. The molecule has 2 N–H and O–H groups in total. The second kappa shape index (κ2) is 123. The molecule has 0 rings (SSSR count). The summed E-state index contributed by atoms with van der Waals surface area (Å²) >= 11 is 0. The van der Waals surface area contributed by atoms with Crippen LogP contribution in [-0.4, -0.2) is 23.1 Å². The minimum absolute atomic E-state index is 0. The van der Waals surface area contributed by atoms with E-state index in [-0.39, 0.29) is 11.0 Å². The third-order valence-electron chi connectivity index (χ3n) is 0. The fourth-order valence-electron chi connectivity index (χ4n) is 0. The monoisotopic (exact) mass is 206 g/mol. The molecule has 0 aromatic heterocycles. The zero-order valence-electron chi connectivity index (χ0n) is 8.23. The molecule has 0 unspecified atom stereocenters. The van der Waals surface area contributed by atoms with Crippen molar-refractivity contribution in [3.63, 3.8) is 0 Å². The summed E-state index contributed by atoms with van der Waals surface area (Å²) in [5, 5.41) is 10.8. The van der Waals surface area contributed by atoms with Crippen molar-refractivity contribution in [2.24, 2.45) is 0 Å². The van der Waals surface area contributed by atoms with E-state index >= 15 is 0 Å². The second-order valence-electron chi connectivity index (χ2n) is 1.62. The lowest BCUT2D eigenvalue weighted by Crippen LogP contribution is -1.27. The van der Waals surface area contributed by atoms with Crippen molar-refractivity contribution in [3.05, 3.63) is 0 Å². The van der Waals surface area contributed by atoms with Gasteiger partial charge in [-0.2, -0.15) is 0 Å². The van der Waals surface area contributed by atoms with Crippen LogP contribution in [0.4, 0.5) is 0 Å². The van der Waals surface area contributed by atoms with E-state index in [0.717, 1.165) is 12.2 Å². The van der Waals surface area contributed by atoms with Gasteiger partial charge in [0.15, 0.2) is 0 Å². The number of rotatable bonds is 0. The van der Waals surface area contributed by atoms with Gasteiger partial charge in [0.2, 0.25) is 12.2 Å². The maximum Gasteiger partial charge on any atom is 0.231 e. The highest BCUT2D eigenvalue weighted by molar-refractivity contribution is 5.75. The summed E-state index contributed by atoms with van der Waals surface area (Å²) in [4.78, 5) is 16.7. The summed E-state index contributed by atoms with van der Waals surface area (Å²) in [7, 11) is 0. The Hall–Kier alpha value is -1.02. The first kappa shape index (κ1) is 29.6. The first-order valence-corrected chi connectivity index (χ1v) is 3.74. The molecule has 0 saturated heterocycles. The number of carbonyl (C=O) groups excluding carboxylic acids is 2. The van der Waals surface area contributed by atoms with Crippen LogP contribution >= 0.6 is 0 Å². The van der Waals surface area contributed by atoms with Gasteiger partial charge in [-0.15, -0.1) is 0 Å². The smallest absolute Gasteiger partial charge is 0.222 e. The van der Waals surface area contributed by atoms with Crippen LogP contribution in [0.2, 0.25) is 0 Å². The van der Waals surface area contributed by atoms with Crippen molar-refractivity contribution in [2.75, 3.05) is 0 Å². The fraction of sp³-hybridized carbons (Fsp3) is 0.750. The molecule has 0 heterocycles. The minimum Gasteiger partial charge on any atom is -0.222 e. The molecule has 0 aromatic rings. The van der Waals surface area contributed by atoms with Gasteiger partial charge in [0.05, 0.1) is 0 Å². The van der Waals surface area contributed by atoms with Crippen molar-refractivity contribution in [1.29, 1.82) is 10.8 Å². The lowest BCUT2D eigenvalue weighted by Gasteiger charge is -1.48. The molecular weight excluding hydrogens is 184 g/mol. The van der Waals surface area contributed by atoms with Crippen molar-refractivity contribution in [3.8, 4) is 0 Å². The Morgan fingerprint density at radius 3 is 0.846 bits per heavy atom. The quantitative estimate of drug-likeness (QED) is 0.354. The summed E-state index contributed by atoms with van der Waals surface area (Å²) in [5.74, 6) is 0. The molecular formula is C8H22N2O2Si. The van der Waals surface area contributed by atoms with E-state index in [1.54, 1.807) is 0 Å². The molecule has 0 saturated carbocycles. The molecule has 0 atom stereocenters. The molecule has 13 heavy (non-hydrogen) atoms. The van der Waals surface area contributed by atoms with Crippen molar-refractivity contribution >= 4 is 23.1 Å². The highest BCUT2D eigenvalue weighted by Gasteiger charge is 1.36. The van der Waals surface area contributed by atoms with Gasteiger partial charge in [0, 0.05) is 0 Å². The Labute approximate surface area is 84.8 Å². The molecule has 0 amide bonds.